The van der Waals surface area contributed by atoms with Crippen LogP contribution in [0.15, 0.2) is 30.6 Å². The van der Waals surface area contributed by atoms with Crippen molar-refractivity contribution in [1.29, 1.82) is 0 Å². The van der Waals surface area contributed by atoms with Crippen molar-refractivity contribution in [3.8, 4) is 0 Å². The highest BCUT2D eigenvalue weighted by atomic mass is 32.1. The predicted octanol–water partition coefficient (Wildman–Crippen LogP) is 3.57. The van der Waals surface area contributed by atoms with Crippen LogP contribution in [-0.2, 0) is 5.54 Å². The second kappa shape index (κ2) is 5.90. The normalized spacial score (nSPS) is 11.7. The van der Waals surface area contributed by atoms with Crippen molar-refractivity contribution >= 4 is 38.3 Å². The number of nitrogens with one attached hydrogen (secondary N) is 1. The van der Waals surface area contributed by atoms with Gasteiger partial charge in [0.25, 0.3) is 5.91 Å². The molecule has 2 aromatic heterocycles. The molecule has 126 valence electrons. The third-order valence-corrected chi connectivity index (χ3v) is 4.74. The number of fused-ring (bicyclic) bond motifs is 1. The number of benzene rings is 1. The van der Waals surface area contributed by atoms with E-state index in [-0.39, 0.29) is 11.4 Å². The monoisotopic (exact) mass is 343 g/mol. The Morgan fingerprint density at radius 2 is 2.04 bits per heavy atom. The lowest BCUT2D eigenvalue weighted by Crippen LogP contribution is -2.22. The van der Waals surface area contributed by atoms with Crippen LogP contribution in [0.5, 0.6) is 0 Å². The lowest BCUT2D eigenvalue weighted by Gasteiger charge is -2.18. The SMILES string of the molecule is CN(C)c1nc2ccc(C(=O)Nc3cnn(C(C)(C)C)c3)cc2s1. The number of amides is 1. The van der Waals surface area contributed by atoms with Crippen molar-refractivity contribution in [2.24, 2.45) is 0 Å². The van der Waals surface area contributed by atoms with Gasteiger partial charge in [0.2, 0.25) is 0 Å². The number of carbonyl (C=O) groups excluding carboxylic acids is 1. The Hall–Kier alpha value is -2.41. The molecule has 0 aliphatic heterocycles. The Bertz CT molecular complexity index is 888. The zero-order chi connectivity index (χ0) is 17.5. The summed E-state index contributed by atoms with van der Waals surface area (Å²) >= 11 is 1.57. The summed E-state index contributed by atoms with van der Waals surface area (Å²) in [7, 11) is 3.91. The van der Waals surface area contributed by atoms with Gasteiger partial charge in [0.1, 0.15) is 0 Å². The Kier molecular flexibility index (Phi) is 4.04. The van der Waals surface area contributed by atoms with Crippen LogP contribution in [0.25, 0.3) is 10.2 Å². The fraction of sp³-hybridized carbons (Fsp3) is 0.353. The van der Waals surface area contributed by atoms with Crippen molar-refractivity contribution in [2.75, 3.05) is 24.3 Å². The third-order valence-electron chi connectivity index (χ3n) is 3.55. The second-order valence-electron chi connectivity index (χ2n) is 6.87. The first-order valence-electron chi connectivity index (χ1n) is 7.68. The second-order valence-corrected chi connectivity index (χ2v) is 7.88. The van der Waals surface area contributed by atoms with Gasteiger partial charge in [0.05, 0.1) is 27.6 Å². The average molecular weight is 343 g/mol. The molecule has 1 N–H and O–H groups in total. The van der Waals surface area contributed by atoms with Crippen LogP contribution in [0.1, 0.15) is 31.1 Å². The minimum absolute atomic E-state index is 0.118. The maximum absolute atomic E-state index is 12.5. The zero-order valence-corrected chi connectivity index (χ0v) is 15.3. The van der Waals surface area contributed by atoms with Gasteiger partial charge in [-0.05, 0) is 39.0 Å². The van der Waals surface area contributed by atoms with Crippen LogP contribution < -0.4 is 10.2 Å². The van der Waals surface area contributed by atoms with Gasteiger partial charge in [-0.1, -0.05) is 11.3 Å². The number of nitrogens with zero attached hydrogens (tertiary/aromatic N) is 4. The Morgan fingerprint density at radius 1 is 1.29 bits per heavy atom. The summed E-state index contributed by atoms with van der Waals surface area (Å²) in [6.45, 7) is 6.18. The molecule has 6 nitrogen and oxygen atoms in total. The van der Waals surface area contributed by atoms with Crippen molar-refractivity contribution in [2.45, 2.75) is 26.3 Å². The summed E-state index contributed by atoms with van der Waals surface area (Å²) in [5.41, 5.74) is 2.08. The molecular weight excluding hydrogens is 322 g/mol. The Balaban J connectivity index is 1.82. The summed E-state index contributed by atoms with van der Waals surface area (Å²) < 4.78 is 2.83. The van der Waals surface area contributed by atoms with E-state index in [9.17, 15) is 4.79 Å². The smallest absolute Gasteiger partial charge is 0.255 e. The summed E-state index contributed by atoms with van der Waals surface area (Å²) in [5, 5.41) is 8.12. The summed E-state index contributed by atoms with van der Waals surface area (Å²) in [4.78, 5) is 19.0. The molecule has 2 heterocycles. The van der Waals surface area contributed by atoms with Gasteiger partial charge in [-0.15, -0.1) is 0 Å². The van der Waals surface area contributed by atoms with Crippen LogP contribution >= 0.6 is 11.3 Å². The zero-order valence-electron chi connectivity index (χ0n) is 14.5. The topological polar surface area (TPSA) is 63.1 Å². The van der Waals surface area contributed by atoms with Crippen molar-refractivity contribution < 1.29 is 4.79 Å². The van der Waals surface area contributed by atoms with Crippen molar-refractivity contribution in [3.05, 3.63) is 36.2 Å². The van der Waals surface area contributed by atoms with Crippen LogP contribution in [0.4, 0.5) is 10.8 Å². The van der Waals surface area contributed by atoms with E-state index in [1.807, 2.05) is 42.0 Å². The molecule has 0 atom stereocenters. The van der Waals surface area contributed by atoms with E-state index >= 15 is 0 Å². The van der Waals surface area contributed by atoms with Gasteiger partial charge >= 0.3 is 0 Å². The van der Waals surface area contributed by atoms with Gasteiger partial charge in [-0.2, -0.15) is 5.10 Å². The number of aromatic nitrogens is 3. The third kappa shape index (κ3) is 3.26. The molecule has 0 saturated heterocycles. The number of thiazole rings is 1. The average Bonchev–Trinajstić information content (AvgIpc) is 3.11. The molecular formula is C17H21N5OS. The Morgan fingerprint density at radius 3 is 2.67 bits per heavy atom. The molecule has 24 heavy (non-hydrogen) atoms. The lowest BCUT2D eigenvalue weighted by atomic mass is 10.1. The van der Waals surface area contributed by atoms with E-state index in [1.54, 1.807) is 23.6 Å². The van der Waals surface area contributed by atoms with Gasteiger partial charge in [-0.3, -0.25) is 9.48 Å². The van der Waals surface area contributed by atoms with Crippen LogP contribution in [-0.4, -0.2) is 34.8 Å². The maximum Gasteiger partial charge on any atom is 0.255 e. The number of hydrogen-bond acceptors (Lipinski definition) is 5. The fourth-order valence-corrected chi connectivity index (χ4v) is 3.13. The van der Waals surface area contributed by atoms with Crippen LogP contribution in [0.2, 0.25) is 0 Å². The highest BCUT2D eigenvalue weighted by molar-refractivity contribution is 7.22. The number of hydrogen-bond donors (Lipinski definition) is 1. The van der Waals surface area contributed by atoms with Crippen LogP contribution in [0.3, 0.4) is 0 Å². The lowest BCUT2D eigenvalue weighted by molar-refractivity contribution is 0.102. The van der Waals surface area contributed by atoms with E-state index in [0.29, 0.717) is 11.3 Å². The summed E-state index contributed by atoms with van der Waals surface area (Å²) in [6.07, 6.45) is 3.51. The molecule has 0 saturated carbocycles. The highest BCUT2D eigenvalue weighted by Gasteiger charge is 2.16. The van der Waals surface area contributed by atoms with Crippen molar-refractivity contribution in [3.63, 3.8) is 0 Å². The minimum atomic E-state index is -0.148. The molecule has 0 aliphatic rings. The molecule has 3 aromatic rings. The Labute approximate surface area is 145 Å². The quantitative estimate of drug-likeness (QED) is 0.790. The molecule has 1 aromatic carbocycles. The first-order chi connectivity index (χ1) is 11.2. The highest BCUT2D eigenvalue weighted by Crippen LogP contribution is 2.28. The van der Waals surface area contributed by atoms with E-state index < -0.39 is 0 Å². The van der Waals surface area contributed by atoms with Gasteiger partial charge < -0.3 is 10.2 Å². The number of anilines is 2. The molecule has 0 unspecified atom stereocenters. The fourth-order valence-electron chi connectivity index (χ4n) is 2.20. The van der Waals surface area contributed by atoms with Gasteiger partial charge in [-0.25, -0.2) is 4.98 Å². The molecule has 0 bridgehead atoms. The predicted molar refractivity (Wildman–Crippen MR) is 99.1 cm³/mol. The van der Waals surface area contributed by atoms with E-state index in [2.05, 4.69) is 36.2 Å². The molecule has 0 fully saturated rings. The van der Waals surface area contributed by atoms with Crippen molar-refractivity contribution in [1.82, 2.24) is 14.8 Å². The van der Waals surface area contributed by atoms with Gasteiger partial charge in [0.15, 0.2) is 5.13 Å². The molecule has 7 heteroatoms. The van der Waals surface area contributed by atoms with Crippen LogP contribution in [0, 0.1) is 0 Å². The summed E-state index contributed by atoms with van der Waals surface area (Å²) in [6, 6.07) is 5.56. The standard InChI is InChI=1S/C17H21N5OS/c1-17(2,3)22-10-12(9-18-22)19-15(23)11-6-7-13-14(8-11)24-16(20-13)21(4)5/h6-10H,1-5H3,(H,19,23). The van der Waals surface area contributed by atoms with E-state index in [0.717, 1.165) is 15.3 Å². The molecule has 1 amide bonds. The first kappa shape index (κ1) is 16.4. The number of rotatable bonds is 3. The number of carbonyl (C=O) groups is 1. The maximum atomic E-state index is 12.5. The molecule has 3 rings (SSSR count). The van der Waals surface area contributed by atoms with Gasteiger partial charge in [0, 0.05) is 25.9 Å². The van der Waals surface area contributed by atoms with E-state index in [1.165, 1.54) is 0 Å². The molecule has 0 radical (unpaired) electrons. The largest absolute Gasteiger partial charge is 0.354 e. The first-order valence-corrected chi connectivity index (χ1v) is 8.50. The molecule has 0 aliphatic carbocycles. The minimum Gasteiger partial charge on any atom is -0.354 e. The molecule has 0 spiro atoms. The summed E-state index contributed by atoms with van der Waals surface area (Å²) in [5.74, 6) is -0.148. The van der Waals surface area contributed by atoms with E-state index in [4.69, 9.17) is 0 Å².